The third-order valence-corrected chi connectivity index (χ3v) is 5.92. The number of carbonyl (C=O) groups excluding carboxylic acids is 1. The number of hydrogen-bond acceptors (Lipinski definition) is 2. The maximum absolute atomic E-state index is 12.5. The second-order valence-corrected chi connectivity index (χ2v) is 10.8. The average molecular weight is 566 g/mol. The Balaban J connectivity index is 1.93. The summed E-state index contributed by atoms with van der Waals surface area (Å²) in [5.74, 6) is -0.397. The fourth-order valence-electron chi connectivity index (χ4n) is 2.82. The number of unbranched alkanes of at least 4 members (excludes halogenated alkanes) is 3. The van der Waals surface area contributed by atoms with Crippen molar-refractivity contribution in [2.75, 3.05) is 5.32 Å². The number of rotatable bonds is 9. The van der Waals surface area contributed by atoms with E-state index in [-0.39, 0.29) is 5.11 Å². The van der Waals surface area contributed by atoms with Crippen LogP contribution in [-0.2, 0) is 6.42 Å². The number of thiocarbonyl (C=S) groups is 1. The van der Waals surface area contributed by atoms with E-state index in [4.69, 9.17) is 47.0 Å². The molecule has 0 aliphatic rings. The van der Waals surface area contributed by atoms with Gasteiger partial charge in [0.1, 0.15) is 6.17 Å². The minimum atomic E-state index is -1.82. The van der Waals surface area contributed by atoms with E-state index in [0.717, 1.165) is 16.6 Å². The van der Waals surface area contributed by atoms with Crippen LogP contribution in [0.4, 0.5) is 5.69 Å². The van der Waals surface area contributed by atoms with Crippen LogP contribution in [0, 0.1) is 0 Å². The van der Waals surface area contributed by atoms with Crippen molar-refractivity contribution in [3.05, 3.63) is 64.1 Å². The van der Waals surface area contributed by atoms with Gasteiger partial charge in [-0.2, -0.15) is 0 Å². The highest BCUT2D eigenvalue weighted by Crippen LogP contribution is 2.29. The molecule has 0 aromatic heterocycles. The Labute approximate surface area is 212 Å². The Morgan fingerprint density at radius 1 is 1.00 bits per heavy atom. The van der Waals surface area contributed by atoms with Gasteiger partial charge in [-0.1, -0.05) is 89.1 Å². The number of carbonyl (C=O) groups is 1. The molecule has 4 nitrogen and oxygen atoms in total. The van der Waals surface area contributed by atoms with Crippen molar-refractivity contribution in [1.29, 1.82) is 0 Å². The average Bonchev–Trinajstić information content (AvgIpc) is 2.71. The van der Waals surface area contributed by atoms with Crippen LogP contribution in [0.25, 0.3) is 0 Å². The number of anilines is 1. The molecule has 0 fully saturated rings. The van der Waals surface area contributed by atoms with Crippen LogP contribution < -0.4 is 16.0 Å². The topological polar surface area (TPSA) is 53.2 Å². The maximum Gasteiger partial charge on any atom is 0.252 e. The normalized spacial score (nSPS) is 12.2. The lowest BCUT2D eigenvalue weighted by molar-refractivity contribution is 0.0934. The molecule has 0 spiro atoms. The fraction of sp³-hybridized carbons (Fsp3) is 0.364. The highest BCUT2D eigenvalue weighted by molar-refractivity contribution is 9.10. The monoisotopic (exact) mass is 563 g/mol. The van der Waals surface area contributed by atoms with Gasteiger partial charge in [-0.05, 0) is 67.0 Å². The first-order chi connectivity index (χ1) is 14.7. The van der Waals surface area contributed by atoms with Gasteiger partial charge in [-0.15, -0.1) is 0 Å². The highest BCUT2D eigenvalue weighted by Gasteiger charge is 2.34. The lowest BCUT2D eigenvalue weighted by Gasteiger charge is -2.27. The van der Waals surface area contributed by atoms with Crippen LogP contribution in [0.1, 0.15) is 48.5 Å². The Kier molecular flexibility index (Phi) is 10.9. The molecule has 0 aliphatic carbocycles. The second-order valence-electron chi connectivity index (χ2n) is 7.06. The van der Waals surface area contributed by atoms with E-state index in [9.17, 15) is 4.79 Å². The fourth-order valence-corrected chi connectivity index (χ4v) is 3.65. The summed E-state index contributed by atoms with van der Waals surface area (Å²) in [6.07, 6.45) is 4.94. The summed E-state index contributed by atoms with van der Waals surface area (Å²) in [6, 6.07) is 14.9. The van der Waals surface area contributed by atoms with Crippen molar-refractivity contribution in [2.24, 2.45) is 0 Å². The third-order valence-electron chi connectivity index (χ3n) is 4.52. The molecular weight excluding hydrogens is 541 g/mol. The number of aryl methyl sites for hydroxylation is 1. The summed E-state index contributed by atoms with van der Waals surface area (Å²) in [5, 5.41) is 8.81. The molecule has 2 aromatic rings. The number of alkyl halides is 3. The zero-order chi connectivity index (χ0) is 22.9. The van der Waals surface area contributed by atoms with E-state index in [1.165, 1.54) is 31.2 Å². The molecule has 0 bridgehead atoms. The maximum atomic E-state index is 12.5. The molecule has 168 valence electrons. The third kappa shape index (κ3) is 9.54. The summed E-state index contributed by atoms with van der Waals surface area (Å²) in [5.41, 5.74) is 2.51. The summed E-state index contributed by atoms with van der Waals surface area (Å²) >= 11 is 26.8. The van der Waals surface area contributed by atoms with Crippen LogP contribution in [0.2, 0.25) is 0 Å². The largest absolute Gasteiger partial charge is 0.339 e. The van der Waals surface area contributed by atoms with E-state index in [0.29, 0.717) is 5.56 Å². The van der Waals surface area contributed by atoms with Gasteiger partial charge >= 0.3 is 0 Å². The minimum Gasteiger partial charge on any atom is -0.339 e. The summed E-state index contributed by atoms with van der Waals surface area (Å²) < 4.78 is -0.962. The molecule has 0 heterocycles. The lowest BCUT2D eigenvalue weighted by Crippen LogP contribution is -2.56. The van der Waals surface area contributed by atoms with E-state index in [1.54, 1.807) is 24.3 Å². The van der Waals surface area contributed by atoms with Gasteiger partial charge < -0.3 is 16.0 Å². The predicted molar refractivity (Wildman–Crippen MR) is 139 cm³/mol. The highest BCUT2D eigenvalue weighted by atomic mass is 79.9. The molecule has 0 saturated carbocycles. The zero-order valence-corrected chi connectivity index (χ0v) is 21.7. The molecule has 1 atom stereocenters. The smallest absolute Gasteiger partial charge is 0.252 e. The summed E-state index contributed by atoms with van der Waals surface area (Å²) in [4.78, 5) is 12.5. The van der Waals surface area contributed by atoms with Gasteiger partial charge in [0.05, 0.1) is 0 Å². The van der Waals surface area contributed by atoms with Crippen molar-refractivity contribution in [3.8, 4) is 0 Å². The molecule has 31 heavy (non-hydrogen) atoms. The van der Waals surface area contributed by atoms with Gasteiger partial charge in [0.25, 0.3) is 5.91 Å². The van der Waals surface area contributed by atoms with Crippen molar-refractivity contribution >= 4 is 79.7 Å². The van der Waals surface area contributed by atoms with Gasteiger partial charge in [-0.3, -0.25) is 4.79 Å². The number of nitrogens with one attached hydrogen (secondary N) is 3. The standard InChI is InChI=1S/C22H25BrCl3N3OS/c1-2-3-4-5-6-15-7-13-18(14-8-15)27-21(31)29-20(22(24,25)26)28-19(30)16-9-11-17(23)12-10-16/h7-14,20H,2-6H2,1H3,(H,28,30)(H2,27,29,31). The second kappa shape index (κ2) is 12.9. The SMILES string of the molecule is CCCCCCc1ccc(NC(=S)NC(NC(=O)c2ccc(Br)cc2)C(Cl)(Cl)Cl)cc1. The number of hydrogen-bond donors (Lipinski definition) is 3. The lowest BCUT2D eigenvalue weighted by atomic mass is 10.1. The summed E-state index contributed by atoms with van der Waals surface area (Å²) in [7, 11) is 0. The molecule has 1 amide bonds. The number of benzene rings is 2. The van der Waals surface area contributed by atoms with Crippen molar-refractivity contribution in [1.82, 2.24) is 10.6 Å². The molecule has 9 heteroatoms. The van der Waals surface area contributed by atoms with Crippen LogP contribution >= 0.6 is 63.0 Å². The van der Waals surface area contributed by atoms with Crippen LogP contribution in [0.15, 0.2) is 53.0 Å². The Morgan fingerprint density at radius 2 is 1.65 bits per heavy atom. The van der Waals surface area contributed by atoms with Crippen LogP contribution in [-0.4, -0.2) is 21.0 Å². The molecule has 1 unspecified atom stereocenters. The van der Waals surface area contributed by atoms with Crippen molar-refractivity contribution < 1.29 is 4.79 Å². The first kappa shape index (κ1) is 26.2. The Bertz CT molecular complexity index is 858. The van der Waals surface area contributed by atoms with E-state index >= 15 is 0 Å². The minimum absolute atomic E-state index is 0.225. The van der Waals surface area contributed by atoms with Crippen LogP contribution in [0.5, 0.6) is 0 Å². The molecule has 0 aliphatic heterocycles. The van der Waals surface area contributed by atoms with E-state index in [1.807, 2.05) is 12.1 Å². The van der Waals surface area contributed by atoms with Crippen molar-refractivity contribution in [3.63, 3.8) is 0 Å². The summed E-state index contributed by atoms with van der Waals surface area (Å²) in [6.45, 7) is 2.21. The first-order valence-electron chi connectivity index (χ1n) is 9.98. The first-order valence-corrected chi connectivity index (χ1v) is 12.3. The zero-order valence-electron chi connectivity index (χ0n) is 17.1. The van der Waals surface area contributed by atoms with Gasteiger partial charge in [0.15, 0.2) is 5.11 Å². The van der Waals surface area contributed by atoms with E-state index in [2.05, 4.69) is 50.9 Å². The Morgan fingerprint density at radius 3 is 2.23 bits per heavy atom. The molecule has 0 radical (unpaired) electrons. The molecule has 2 rings (SSSR count). The quantitative estimate of drug-likeness (QED) is 0.133. The Hall–Kier alpha value is -1.05. The number of halogens is 4. The van der Waals surface area contributed by atoms with Crippen LogP contribution in [0.3, 0.4) is 0 Å². The number of amides is 1. The molecular formula is C22H25BrCl3N3OS. The van der Waals surface area contributed by atoms with E-state index < -0.39 is 15.9 Å². The van der Waals surface area contributed by atoms with Gasteiger partial charge in [-0.25, -0.2) is 0 Å². The molecule has 0 saturated heterocycles. The van der Waals surface area contributed by atoms with Gasteiger partial charge in [0, 0.05) is 15.7 Å². The molecule has 2 aromatic carbocycles. The predicted octanol–water partition coefficient (Wildman–Crippen LogP) is 6.98. The van der Waals surface area contributed by atoms with Gasteiger partial charge in [0.2, 0.25) is 3.79 Å². The molecule has 3 N–H and O–H groups in total. The van der Waals surface area contributed by atoms with Crippen molar-refractivity contribution in [2.45, 2.75) is 49.0 Å².